The van der Waals surface area contributed by atoms with Crippen molar-refractivity contribution in [3.63, 3.8) is 0 Å². The number of thiazole rings is 1. The predicted octanol–water partition coefficient (Wildman–Crippen LogP) is 3.10. The van der Waals surface area contributed by atoms with E-state index >= 15 is 0 Å². The van der Waals surface area contributed by atoms with Crippen molar-refractivity contribution in [3.05, 3.63) is 101 Å². The second-order valence-corrected chi connectivity index (χ2v) is 9.13. The molecule has 0 spiro atoms. The quantitative estimate of drug-likeness (QED) is 0.296. The molecule has 4 rings (SSSR count). The molecule has 180 valence electrons. The molecule has 0 N–H and O–H groups in total. The molecule has 10 heteroatoms. The standard InChI is InChI=1S/C25H23N3O6S/c1-14(2)34-24(30)21-15(3)26-25-27(22(21)16-9-11-18(33-4)12-10-16)23(29)20(35-25)13-17-7-5-6-8-19(17)28(31)32/h5-14,22H,1-4H3/b20-13-/t22-/m0/s1. The fraction of sp³-hybridized carbons (Fsp3) is 0.240. The van der Waals surface area contributed by atoms with Crippen molar-refractivity contribution < 1.29 is 19.2 Å². The van der Waals surface area contributed by atoms with Crippen LogP contribution in [0.2, 0.25) is 0 Å². The number of ether oxygens (including phenoxy) is 2. The number of aromatic nitrogens is 1. The molecule has 2 heterocycles. The van der Waals surface area contributed by atoms with Gasteiger partial charge in [-0.3, -0.25) is 19.5 Å². The van der Waals surface area contributed by atoms with Crippen molar-refractivity contribution in [2.24, 2.45) is 4.99 Å². The largest absolute Gasteiger partial charge is 0.497 e. The summed E-state index contributed by atoms with van der Waals surface area (Å²) in [5.74, 6) is 0.0691. The van der Waals surface area contributed by atoms with Crippen molar-refractivity contribution in [3.8, 4) is 5.75 Å². The van der Waals surface area contributed by atoms with Crippen LogP contribution in [0.1, 0.15) is 37.9 Å². The van der Waals surface area contributed by atoms with Gasteiger partial charge in [0.1, 0.15) is 5.75 Å². The second-order valence-electron chi connectivity index (χ2n) is 8.12. The van der Waals surface area contributed by atoms with Gasteiger partial charge in [-0.15, -0.1) is 0 Å². The third-order valence-corrected chi connectivity index (χ3v) is 6.42. The van der Waals surface area contributed by atoms with Crippen molar-refractivity contribution in [2.45, 2.75) is 32.9 Å². The van der Waals surface area contributed by atoms with E-state index in [-0.39, 0.29) is 21.9 Å². The van der Waals surface area contributed by atoms with Gasteiger partial charge in [-0.05, 0) is 50.6 Å². The summed E-state index contributed by atoms with van der Waals surface area (Å²) >= 11 is 1.11. The van der Waals surface area contributed by atoms with Crippen molar-refractivity contribution in [1.29, 1.82) is 0 Å². The Bertz CT molecular complexity index is 1520. The smallest absolute Gasteiger partial charge is 0.338 e. The number of allylic oxidation sites excluding steroid dienone is 1. The van der Waals surface area contributed by atoms with E-state index < -0.39 is 22.5 Å². The fourth-order valence-electron chi connectivity index (χ4n) is 3.88. The highest BCUT2D eigenvalue weighted by molar-refractivity contribution is 7.07. The monoisotopic (exact) mass is 493 g/mol. The number of hydrogen-bond donors (Lipinski definition) is 0. The van der Waals surface area contributed by atoms with Gasteiger partial charge in [0.15, 0.2) is 4.80 Å². The average Bonchev–Trinajstić information content (AvgIpc) is 3.12. The van der Waals surface area contributed by atoms with E-state index in [9.17, 15) is 19.7 Å². The van der Waals surface area contributed by atoms with Gasteiger partial charge in [0, 0.05) is 6.07 Å². The molecule has 0 saturated carbocycles. The van der Waals surface area contributed by atoms with Crippen LogP contribution in [0, 0.1) is 10.1 Å². The highest BCUT2D eigenvalue weighted by Gasteiger charge is 2.33. The molecule has 1 aromatic heterocycles. The van der Waals surface area contributed by atoms with Crippen LogP contribution in [-0.4, -0.2) is 28.7 Å². The molecule has 0 unspecified atom stereocenters. The molecular formula is C25H23N3O6S. The minimum atomic E-state index is -0.781. The summed E-state index contributed by atoms with van der Waals surface area (Å²) in [6.07, 6.45) is 1.13. The molecule has 0 amide bonds. The lowest BCUT2D eigenvalue weighted by Crippen LogP contribution is -2.40. The number of rotatable bonds is 6. The van der Waals surface area contributed by atoms with Gasteiger partial charge in [0.2, 0.25) is 0 Å². The number of carbonyl (C=O) groups excluding carboxylic acids is 1. The van der Waals surface area contributed by atoms with Crippen LogP contribution in [0.3, 0.4) is 0 Å². The topological polar surface area (TPSA) is 113 Å². The molecule has 0 radical (unpaired) electrons. The number of methoxy groups -OCH3 is 1. The molecule has 0 fully saturated rings. The lowest BCUT2D eigenvalue weighted by atomic mass is 9.96. The van der Waals surface area contributed by atoms with E-state index in [0.29, 0.717) is 27.4 Å². The number of fused-ring (bicyclic) bond motifs is 1. The summed E-state index contributed by atoms with van der Waals surface area (Å²) in [6, 6.07) is 12.5. The van der Waals surface area contributed by atoms with E-state index in [4.69, 9.17) is 9.47 Å². The predicted molar refractivity (Wildman–Crippen MR) is 131 cm³/mol. The Balaban J connectivity index is 1.96. The Morgan fingerprint density at radius 1 is 1.20 bits per heavy atom. The fourth-order valence-corrected chi connectivity index (χ4v) is 4.92. The number of nitrogens with zero attached hydrogens (tertiary/aromatic N) is 3. The van der Waals surface area contributed by atoms with Crippen LogP contribution in [0.4, 0.5) is 5.69 Å². The van der Waals surface area contributed by atoms with Crippen molar-refractivity contribution >= 4 is 29.1 Å². The molecule has 0 aliphatic carbocycles. The maximum absolute atomic E-state index is 13.6. The lowest BCUT2D eigenvalue weighted by Gasteiger charge is -2.25. The Morgan fingerprint density at radius 3 is 2.51 bits per heavy atom. The SMILES string of the molecule is COc1ccc([C@H]2C(C(=O)OC(C)C)=C(C)N=c3s/c(=C\c4ccccc4[N+](=O)[O-])c(=O)n32)cc1. The summed E-state index contributed by atoms with van der Waals surface area (Å²) in [6.45, 7) is 5.20. The number of nitro benzene ring substituents is 1. The van der Waals surface area contributed by atoms with Crippen LogP contribution >= 0.6 is 11.3 Å². The van der Waals surface area contributed by atoms with E-state index in [0.717, 1.165) is 11.3 Å². The summed E-state index contributed by atoms with van der Waals surface area (Å²) in [4.78, 5) is 42.6. The molecule has 0 saturated heterocycles. The Labute approximate surface area is 204 Å². The van der Waals surface area contributed by atoms with E-state index in [2.05, 4.69) is 4.99 Å². The summed E-state index contributed by atoms with van der Waals surface area (Å²) in [5.41, 5.74) is 1.16. The highest BCUT2D eigenvalue weighted by atomic mass is 32.1. The van der Waals surface area contributed by atoms with Crippen molar-refractivity contribution in [2.75, 3.05) is 7.11 Å². The first-order valence-corrected chi connectivity index (χ1v) is 11.6. The van der Waals surface area contributed by atoms with Gasteiger partial charge in [0.05, 0.1) is 45.5 Å². The summed E-state index contributed by atoms with van der Waals surface area (Å²) in [7, 11) is 1.55. The summed E-state index contributed by atoms with van der Waals surface area (Å²) < 4.78 is 12.4. The summed E-state index contributed by atoms with van der Waals surface area (Å²) in [5, 5.41) is 11.4. The van der Waals surface area contributed by atoms with Crippen LogP contribution in [0.15, 0.2) is 69.6 Å². The van der Waals surface area contributed by atoms with Crippen LogP contribution in [-0.2, 0) is 9.53 Å². The Kier molecular flexibility index (Phi) is 6.65. The molecule has 2 aromatic carbocycles. The molecule has 3 aromatic rings. The molecule has 1 aliphatic rings. The number of hydrogen-bond acceptors (Lipinski definition) is 8. The van der Waals surface area contributed by atoms with Gasteiger partial charge in [-0.25, -0.2) is 9.79 Å². The van der Waals surface area contributed by atoms with Gasteiger partial charge >= 0.3 is 5.97 Å². The van der Waals surface area contributed by atoms with Gasteiger partial charge in [-0.1, -0.05) is 35.6 Å². The molecule has 35 heavy (non-hydrogen) atoms. The van der Waals surface area contributed by atoms with Crippen LogP contribution < -0.4 is 19.6 Å². The van der Waals surface area contributed by atoms with Crippen LogP contribution in [0.5, 0.6) is 5.75 Å². The molecule has 1 aliphatic heterocycles. The molecule has 1 atom stereocenters. The minimum Gasteiger partial charge on any atom is -0.497 e. The van der Waals surface area contributed by atoms with Crippen molar-refractivity contribution in [1.82, 2.24) is 4.57 Å². The van der Waals surface area contributed by atoms with E-state index in [1.54, 1.807) is 70.3 Å². The first kappa shape index (κ1) is 24.1. The first-order valence-electron chi connectivity index (χ1n) is 10.8. The van der Waals surface area contributed by atoms with Gasteiger partial charge in [-0.2, -0.15) is 0 Å². The molecule has 9 nitrogen and oxygen atoms in total. The third-order valence-electron chi connectivity index (χ3n) is 5.44. The van der Waals surface area contributed by atoms with E-state index in [1.807, 2.05) is 0 Å². The third kappa shape index (κ3) is 4.65. The number of nitro groups is 1. The zero-order valence-corrected chi connectivity index (χ0v) is 20.4. The van der Waals surface area contributed by atoms with E-state index in [1.165, 1.54) is 16.7 Å². The minimum absolute atomic E-state index is 0.109. The van der Waals surface area contributed by atoms with Gasteiger partial charge in [0.25, 0.3) is 11.2 Å². The molecule has 0 bridgehead atoms. The first-order chi connectivity index (χ1) is 16.7. The Morgan fingerprint density at radius 2 is 1.89 bits per heavy atom. The number of para-hydroxylation sites is 1. The number of esters is 1. The maximum Gasteiger partial charge on any atom is 0.338 e. The normalized spacial score (nSPS) is 15.6. The zero-order chi connectivity index (χ0) is 25.3. The van der Waals surface area contributed by atoms with Gasteiger partial charge < -0.3 is 9.47 Å². The second kappa shape index (κ2) is 9.67. The number of carbonyl (C=O) groups is 1. The lowest BCUT2D eigenvalue weighted by molar-refractivity contribution is -0.385. The Hall–Kier alpha value is -4.05. The highest BCUT2D eigenvalue weighted by Crippen LogP contribution is 2.32. The average molecular weight is 494 g/mol. The zero-order valence-electron chi connectivity index (χ0n) is 19.6. The maximum atomic E-state index is 13.6. The van der Waals surface area contributed by atoms with Crippen LogP contribution in [0.25, 0.3) is 6.08 Å². The molecular weight excluding hydrogens is 470 g/mol. The number of benzene rings is 2.